The first kappa shape index (κ1) is 22.4. The zero-order chi connectivity index (χ0) is 24.8. The largest absolute Gasteiger partial charge is 0.508 e. The van der Waals surface area contributed by atoms with Crippen molar-refractivity contribution in [3.8, 4) is 11.5 Å². The number of piperidine rings is 1. The Kier molecular flexibility index (Phi) is 5.53. The molecule has 2 aliphatic rings. The molecule has 184 valence electrons. The summed E-state index contributed by atoms with van der Waals surface area (Å²) in [6.07, 6.45) is 8.37. The Morgan fingerprint density at radius 3 is 2.28 bits per heavy atom. The van der Waals surface area contributed by atoms with Crippen LogP contribution in [-0.4, -0.2) is 56.1 Å². The quantitative estimate of drug-likeness (QED) is 0.310. The fraction of sp³-hybridized carbons (Fsp3) is 0.286. The van der Waals surface area contributed by atoms with Crippen LogP contribution >= 0.6 is 0 Å². The van der Waals surface area contributed by atoms with Gasteiger partial charge in [0, 0.05) is 51.9 Å². The van der Waals surface area contributed by atoms with Gasteiger partial charge in [0.15, 0.2) is 0 Å². The number of amides is 2. The maximum atomic E-state index is 13.1. The lowest BCUT2D eigenvalue weighted by Crippen LogP contribution is -2.31. The van der Waals surface area contributed by atoms with Crippen LogP contribution in [0.1, 0.15) is 36.8 Å². The Morgan fingerprint density at radius 1 is 0.806 bits per heavy atom. The number of H-pyrrole nitrogens is 1. The molecule has 0 radical (unpaired) electrons. The number of aromatic amines is 1. The summed E-state index contributed by atoms with van der Waals surface area (Å²) in [7, 11) is 0. The molecule has 2 aromatic carbocycles. The molecule has 4 heterocycles. The highest BCUT2D eigenvalue weighted by molar-refractivity contribution is 6.50. The van der Waals surface area contributed by atoms with E-state index in [-0.39, 0.29) is 22.6 Å². The van der Waals surface area contributed by atoms with Gasteiger partial charge in [-0.2, -0.15) is 0 Å². The number of hydrogen-bond donors (Lipinski definition) is 4. The fourth-order valence-corrected chi connectivity index (χ4v) is 5.60. The van der Waals surface area contributed by atoms with Crippen molar-refractivity contribution in [2.75, 3.05) is 19.6 Å². The minimum atomic E-state index is -0.481. The maximum absolute atomic E-state index is 13.1. The van der Waals surface area contributed by atoms with Gasteiger partial charge in [0.05, 0.1) is 11.1 Å². The first-order valence-electron chi connectivity index (χ1n) is 12.4. The number of rotatable bonds is 6. The Bertz CT molecular complexity index is 1540. The Morgan fingerprint density at radius 2 is 1.50 bits per heavy atom. The number of nitrogens with one attached hydrogen (secondary N) is 2. The van der Waals surface area contributed by atoms with Crippen LogP contribution in [0.15, 0.2) is 48.8 Å². The second-order valence-corrected chi connectivity index (χ2v) is 9.66. The number of phenols is 2. The van der Waals surface area contributed by atoms with Crippen molar-refractivity contribution < 1.29 is 19.8 Å². The number of aryl methyl sites for hydroxylation is 1. The van der Waals surface area contributed by atoms with E-state index in [9.17, 15) is 19.8 Å². The average Bonchev–Trinajstić information content (AvgIpc) is 3.52. The molecule has 0 spiro atoms. The lowest BCUT2D eigenvalue weighted by Gasteiger charge is -2.26. The minimum absolute atomic E-state index is 0.0745. The SMILES string of the molecule is O=C1NC(=O)C(c2cn(CCCN3CCCCC3)c3ccc(O)cc23)=C1c1c[nH]c2ccc(O)cc12. The van der Waals surface area contributed by atoms with Crippen molar-refractivity contribution in [3.63, 3.8) is 0 Å². The van der Waals surface area contributed by atoms with E-state index in [4.69, 9.17) is 0 Å². The molecule has 1 fully saturated rings. The number of fused-ring (bicyclic) bond motifs is 2. The van der Waals surface area contributed by atoms with Gasteiger partial charge in [-0.1, -0.05) is 6.42 Å². The number of carbonyl (C=O) groups is 2. The lowest BCUT2D eigenvalue weighted by atomic mass is 9.95. The van der Waals surface area contributed by atoms with Gasteiger partial charge in [0.1, 0.15) is 11.5 Å². The summed E-state index contributed by atoms with van der Waals surface area (Å²) in [6.45, 7) is 4.06. The highest BCUT2D eigenvalue weighted by Crippen LogP contribution is 2.39. The Hall–Kier alpha value is -4.04. The van der Waals surface area contributed by atoms with Gasteiger partial charge < -0.3 is 24.7 Å². The molecule has 8 heteroatoms. The van der Waals surface area contributed by atoms with Crippen LogP contribution in [0, 0.1) is 0 Å². The zero-order valence-corrected chi connectivity index (χ0v) is 19.9. The molecule has 4 aromatic rings. The second-order valence-electron chi connectivity index (χ2n) is 9.66. The number of nitrogens with zero attached hydrogens (tertiary/aromatic N) is 2. The summed E-state index contributed by atoms with van der Waals surface area (Å²) in [5, 5.41) is 24.1. The molecular weight excluding hydrogens is 456 g/mol. The predicted octanol–water partition coefficient (Wildman–Crippen LogP) is 3.98. The van der Waals surface area contributed by atoms with Crippen LogP contribution in [0.5, 0.6) is 11.5 Å². The molecule has 0 aliphatic carbocycles. The fourth-order valence-electron chi connectivity index (χ4n) is 5.60. The Labute approximate surface area is 207 Å². The van der Waals surface area contributed by atoms with Crippen LogP contribution < -0.4 is 5.32 Å². The van der Waals surface area contributed by atoms with Crippen molar-refractivity contribution in [2.45, 2.75) is 32.2 Å². The first-order chi connectivity index (χ1) is 17.5. The molecule has 4 N–H and O–H groups in total. The van der Waals surface area contributed by atoms with Gasteiger partial charge >= 0.3 is 0 Å². The Balaban J connectivity index is 1.45. The molecule has 0 saturated carbocycles. The predicted molar refractivity (Wildman–Crippen MR) is 138 cm³/mol. The summed E-state index contributed by atoms with van der Waals surface area (Å²) in [5.74, 6) is -0.783. The van der Waals surface area contributed by atoms with Crippen LogP contribution in [0.25, 0.3) is 33.0 Å². The van der Waals surface area contributed by atoms with Gasteiger partial charge in [0.25, 0.3) is 11.8 Å². The third kappa shape index (κ3) is 3.83. The summed E-state index contributed by atoms with van der Waals surface area (Å²) in [4.78, 5) is 31.8. The van der Waals surface area contributed by atoms with Crippen molar-refractivity contribution in [3.05, 3.63) is 59.9 Å². The summed E-state index contributed by atoms with van der Waals surface area (Å²) in [6, 6.07) is 10.0. The van der Waals surface area contributed by atoms with Crippen molar-refractivity contribution >= 4 is 44.8 Å². The third-order valence-electron chi connectivity index (χ3n) is 7.32. The normalized spacial score (nSPS) is 17.0. The molecule has 0 atom stereocenters. The molecule has 1 saturated heterocycles. The minimum Gasteiger partial charge on any atom is -0.508 e. The molecule has 2 aromatic heterocycles. The van der Waals surface area contributed by atoms with Crippen LogP contribution in [0.2, 0.25) is 0 Å². The maximum Gasteiger partial charge on any atom is 0.259 e. The number of imide groups is 1. The molecule has 0 unspecified atom stereocenters. The van der Waals surface area contributed by atoms with E-state index in [1.807, 2.05) is 12.3 Å². The molecule has 0 bridgehead atoms. The van der Waals surface area contributed by atoms with E-state index >= 15 is 0 Å². The number of likely N-dealkylation sites (tertiary alicyclic amines) is 1. The monoisotopic (exact) mass is 484 g/mol. The van der Waals surface area contributed by atoms with E-state index in [0.717, 1.165) is 43.6 Å². The van der Waals surface area contributed by atoms with Crippen molar-refractivity contribution in [1.82, 2.24) is 19.8 Å². The highest BCUT2D eigenvalue weighted by Gasteiger charge is 2.35. The van der Waals surface area contributed by atoms with Crippen molar-refractivity contribution in [1.29, 1.82) is 0 Å². The smallest absolute Gasteiger partial charge is 0.259 e. The highest BCUT2D eigenvalue weighted by atomic mass is 16.3. The number of aromatic hydroxyl groups is 2. The van der Waals surface area contributed by atoms with E-state index in [1.165, 1.54) is 19.3 Å². The number of benzene rings is 2. The van der Waals surface area contributed by atoms with E-state index in [2.05, 4.69) is 19.8 Å². The third-order valence-corrected chi connectivity index (χ3v) is 7.32. The lowest BCUT2D eigenvalue weighted by molar-refractivity contribution is -0.122. The van der Waals surface area contributed by atoms with E-state index in [0.29, 0.717) is 21.9 Å². The van der Waals surface area contributed by atoms with Gasteiger partial charge in [-0.25, -0.2) is 0 Å². The molecule has 8 nitrogen and oxygen atoms in total. The van der Waals surface area contributed by atoms with Gasteiger partial charge in [0.2, 0.25) is 0 Å². The summed E-state index contributed by atoms with van der Waals surface area (Å²) in [5.41, 5.74) is 3.33. The first-order valence-corrected chi connectivity index (χ1v) is 12.4. The standard InChI is InChI=1S/C28H28N4O4/c33-17-5-7-23-19(13-17)21(15-29-23)25-26(28(36)30-27(25)35)22-16-32(24-8-6-18(34)14-20(22)24)12-4-11-31-9-2-1-3-10-31/h5-8,13-16,29,33-34H,1-4,9-12H2,(H,30,35,36). The summed E-state index contributed by atoms with van der Waals surface area (Å²) >= 11 is 0. The molecule has 36 heavy (non-hydrogen) atoms. The number of carbonyl (C=O) groups excluding carboxylic acids is 2. The van der Waals surface area contributed by atoms with Crippen molar-refractivity contribution in [2.24, 2.45) is 0 Å². The molecule has 2 aliphatic heterocycles. The van der Waals surface area contributed by atoms with Gasteiger partial charge in [-0.3, -0.25) is 14.9 Å². The molecule has 6 rings (SSSR count). The topological polar surface area (TPSA) is 111 Å². The molecular formula is C28H28N4O4. The number of aromatic nitrogens is 2. The van der Waals surface area contributed by atoms with E-state index < -0.39 is 11.8 Å². The van der Waals surface area contributed by atoms with Crippen LogP contribution in [0.4, 0.5) is 0 Å². The number of hydrogen-bond acceptors (Lipinski definition) is 5. The van der Waals surface area contributed by atoms with Gasteiger partial charge in [-0.15, -0.1) is 0 Å². The summed E-state index contributed by atoms with van der Waals surface area (Å²) < 4.78 is 2.11. The second kappa shape index (κ2) is 8.87. The zero-order valence-electron chi connectivity index (χ0n) is 19.9. The van der Waals surface area contributed by atoms with E-state index in [1.54, 1.807) is 36.5 Å². The molecule has 2 amide bonds. The average molecular weight is 485 g/mol. The van der Waals surface area contributed by atoms with Gasteiger partial charge in [-0.05, 0) is 75.3 Å². The van der Waals surface area contributed by atoms with Crippen LogP contribution in [-0.2, 0) is 16.1 Å². The van der Waals surface area contributed by atoms with Crippen LogP contribution in [0.3, 0.4) is 0 Å². The number of phenolic OH excluding ortho intramolecular Hbond substituents is 2.